The molecule has 2 aromatic rings. The molecule has 0 aromatic heterocycles. The zero-order valence-corrected chi connectivity index (χ0v) is 12.7. The Labute approximate surface area is 128 Å². The van der Waals surface area contributed by atoms with E-state index < -0.39 is 0 Å². The molecule has 0 saturated heterocycles. The van der Waals surface area contributed by atoms with Gasteiger partial charge in [-0.2, -0.15) is 0 Å². The smallest absolute Gasteiger partial charge is 0.123 e. The molecule has 0 aliphatic rings. The van der Waals surface area contributed by atoms with Gasteiger partial charge in [0.05, 0.1) is 13.2 Å². The normalized spacial score (nSPS) is 10.4. The summed E-state index contributed by atoms with van der Waals surface area (Å²) < 4.78 is 23.7. The van der Waals surface area contributed by atoms with E-state index in [2.05, 4.69) is 0 Å². The summed E-state index contributed by atoms with van der Waals surface area (Å²) in [5.74, 6) is 1.95. The van der Waals surface area contributed by atoms with E-state index in [9.17, 15) is 4.39 Å². The number of thioether (sulfide) groups is 1. The fourth-order valence-electron chi connectivity index (χ4n) is 1.74. The van der Waals surface area contributed by atoms with Crippen LogP contribution in [0.4, 0.5) is 10.1 Å². The Morgan fingerprint density at radius 1 is 1.05 bits per heavy atom. The third-order valence-electron chi connectivity index (χ3n) is 2.72. The van der Waals surface area contributed by atoms with Gasteiger partial charge in [-0.1, -0.05) is 0 Å². The third-order valence-corrected chi connectivity index (χ3v) is 3.75. The Morgan fingerprint density at radius 3 is 2.48 bits per heavy atom. The average molecular weight is 307 g/mol. The van der Waals surface area contributed by atoms with E-state index >= 15 is 0 Å². The Morgan fingerprint density at radius 2 is 1.76 bits per heavy atom. The molecule has 112 valence electrons. The number of nitrogens with two attached hydrogens (primary N) is 1. The number of ether oxygens (including phenoxy) is 2. The van der Waals surface area contributed by atoms with Crippen molar-refractivity contribution in [3.63, 3.8) is 0 Å². The molecule has 0 aliphatic heterocycles. The van der Waals surface area contributed by atoms with Crippen LogP contribution in [0.3, 0.4) is 0 Å². The van der Waals surface area contributed by atoms with E-state index in [1.54, 1.807) is 23.9 Å². The first-order valence-corrected chi connectivity index (χ1v) is 7.71. The molecule has 0 atom stereocenters. The van der Waals surface area contributed by atoms with Crippen LogP contribution in [-0.4, -0.2) is 19.0 Å². The van der Waals surface area contributed by atoms with Crippen molar-refractivity contribution < 1.29 is 13.9 Å². The van der Waals surface area contributed by atoms with Crippen LogP contribution in [0.5, 0.6) is 11.5 Å². The van der Waals surface area contributed by atoms with Crippen LogP contribution >= 0.6 is 11.8 Å². The fourth-order valence-corrected chi connectivity index (χ4v) is 2.56. The van der Waals surface area contributed by atoms with E-state index in [1.807, 2.05) is 25.1 Å². The molecule has 0 bridgehead atoms. The SMILES string of the molecule is CCOc1ccc(N)c(SCCOc2ccc(F)cc2)c1. The minimum atomic E-state index is -0.266. The summed E-state index contributed by atoms with van der Waals surface area (Å²) in [6.45, 7) is 3.09. The van der Waals surface area contributed by atoms with Crippen LogP contribution in [0, 0.1) is 5.82 Å². The second kappa shape index (κ2) is 7.78. The van der Waals surface area contributed by atoms with Gasteiger partial charge < -0.3 is 15.2 Å². The van der Waals surface area contributed by atoms with Gasteiger partial charge in [-0.3, -0.25) is 0 Å². The topological polar surface area (TPSA) is 44.5 Å². The average Bonchev–Trinajstić information content (AvgIpc) is 2.49. The molecule has 2 rings (SSSR count). The maximum Gasteiger partial charge on any atom is 0.123 e. The number of hydrogen-bond donors (Lipinski definition) is 1. The molecule has 0 saturated carbocycles. The summed E-state index contributed by atoms with van der Waals surface area (Å²) in [4.78, 5) is 0.976. The highest BCUT2D eigenvalue weighted by atomic mass is 32.2. The zero-order chi connectivity index (χ0) is 15.1. The fraction of sp³-hybridized carbons (Fsp3) is 0.250. The molecule has 5 heteroatoms. The molecule has 2 N–H and O–H groups in total. The lowest BCUT2D eigenvalue weighted by Crippen LogP contribution is -2.01. The van der Waals surface area contributed by atoms with Crippen LogP contribution in [-0.2, 0) is 0 Å². The molecule has 0 spiro atoms. The van der Waals surface area contributed by atoms with Crippen molar-refractivity contribution in [3.8, 4) is 11.5 Å². The second-order valence-electron chi connectivity index (χ2n) is 4.28. The molecular formula is C16H18FNO2S. The van der Waals surface area contributed by atoms with Crippen LogP contribution in [0.15, 0.2) is 47.4 Å². The van der Waals surface area contributed by atoms with Gasteiger partial charge >= 0.3 is 0 Å². The van der Waals surface area contributed by atoms with Crippen molar-refractivity contribution in [3.05, 3.63) is 48.3 Å². The van der Waals surface area contributed by atoms with Gasteiger partial charge in [0.2, 0.25) is 0 Å². The lowest BCUT2D eigenvalue weighted by atomic mass is 10.3. The number of nitrogen functional groups attached to an aromatic ring is 1. The minimum absolute atomic E-state index is 0.266. The number of benzene rings is 2. The molecule has 0 unspecified atom stereocenters. The summed E-state index contributed by atoms with van der Waals surface area (Å²) in [6, 6.07) is 11.6. The van der Waals surface area contributed by atoms with Gasteiger partial charge in [0.25, 0.3) is 0 Å². The van der Waals surface area contributed by atoms with E-state index in [0.29, 0.717) is 19.0 Å². The number of rotatable bonds is 7. The molecule has 0 radical (unpaired) electrons. The van der Waals surface area contributed by atoms with Crippen molar-refractivity contribution >= 4 is 17.4 Å². The van der Waals surface area contributed by atoms with Crippen molar-refractivity contribution in [1.82, 2.24) is 0 Å². The molecule has 0 aliphatic carbocycles. The van der Waals surface area contributed by atoms with E-state index in [-0.39, 0.29) is 5.82 Å². The monoisotopic (exact) mass is 307 g/mol. The molecule has 21 heavy (non-hydrogen) atoms. The van der Waals surface area contributed by atoms with Crippen LogP contribution in [0.25, 0.3) is 0 Å². The summed E-state index contributed by atoms with van der Waals surface area (Å²) in [5, 5.41) is 0. The number of anilines is 1. The second-order valence-corrected chi connectivity index (χ2v) is 5.42. The van der Waals surface area contributed by atoms with Gasteiger partial charge in [0, 0.05) is 16.3 Å². The zero-order valence-electron chi connectivity index (χ0n) is 11.8. The minimum Gasteiger partial charge on any atom is -0.494 e. The first-order chi connectivity index (χ1) is 10.2. The third kappa shape index (κ3) is 4.86. The highest BCUT2D eigenvalue weighted by molar-refractivity contribution is 7.99. The molecule has 3 nitrogen and oxygen atoms in total. The maximum absolute atomic E-state index is 12.8. The summed E-state index contributed by atoms with van der Waals surface area (Å²) >= 11 is 1.61. The molecule has 0 amide bonds. The van der Waals surface area contributed by atoms with Crippen LogP contribution < -0.4 is 15.2 Å². The van der Waals surface area contributed by atoms with Crippen molar-refractivity contribution in [2.75, 3.05) is 24.7 Å². The van der Waals surface area contributed by atoms with Crippen molar-refractivity contribution in [1.29, 1.82) is 0 Å². The largest absolute Gasteiger partial charge is 0.494 e. The highest BCUT2D eigenvalue weighted by Crippen LogP contribution is 2.29. The Hall–Kier alpha value is -1.88. The quantitative estimate of drug-likeness (QED) is 0.477. The lowest BCUT2D eigenvalue weighted by Gasteiger charge is -2.10. The Bertz CT molecular complexity index is 575. The van der Waals surface area contributed by atoms with Gasteiger partial charge in [0.1, 0.15) is 17.3 Å². The number of halogens is 1. The predicted molar refractivity (Wildman–Crippen MR) is 84.6 cm³/mol. The molecule has 2 aromatic carbocycles. The van der Waals surface area contributed by atoms with Gasteiger partial charge in [0.15, 0.2) is 0 Å². The first kappa shape index (κ1) is 15.5. The summed E-state index contributed by atoms with van der Waals surface area (Å²) in [7, 11) is 0. The van der Waals surface area contributed by atoms with E-state index in [4.69, 9.17) is 15.2 Å². The van der Waals surface area contributed by atoms with Crippen molar-refractivity contribution in [2.24, 2.45) is 0 Å². The standard InChI is InChI=1S/C16H18FNO2S/c1-2-19-14-7-8-15(18)16(11-14)21-10-9-20-13-5-3-12(17)4-6-13/h3-8,11H,2,9-10,18H2,1H3. The Balaban J connectivity index is 1.82. The molecule has 0 fully saturated rings. The summed E-state index contributed by atoms with van der Waals surface area (Å²) in [6.07, 6.45) is 0. The highest BCUT2D eigenvalue weighted by Gasteiger charge is 2.03. The van der Waals surface area contributed by atoms with Crippen molar-refractivity contribution in [2.45, 2.75) is 11.8 Å². The maximum atomic E-state index is 12.8. The molecular weight excluding hydrogens is 289 g/mol. The van der Waals surface area contributed by atoms with Crippen LogP contribution in [0.2, 0.25) is 0 Å². The van der Waals surface area contributed by atoms with Crippen LogP contribution in [0.1, 0.15) is 6.92 Å². The number of hydrogen-bond acceptors (Lipinski definition) is 4. The van der Waals surface area contributed by atoms with E-state index in [1.165, 1.54) is 12.1 Å². The van der Waals surface area contributed by atoms with Gasteiger partial charge in [-0.05, 0) is 49.4 Å². The molecule has 0 heterocycles. The van der Waals surface area contributed by atoms with Gasteiger partial charge in [-0.15, -0.1) is 11.8 Å². The first-order valence-electron chi connectivity index (χ1n) is 6.72. The lowest BCUT2D eigenvalue weighted by molar-refractivity contribution is 0.339. The van der Waals surface area contributed by atoms with E-state index in [0.717, 1.165) is 22.1 Å². The predicted octanol–water partition coefficient (Wildman–Crippen LogP) is 3.98. The van der Waals surface area contributed by atoms with Gasteiger partial charge in [-0.25, -0.2) is 4.39 Å². The Kier molecular flexibility index (Phi) is 5.75. The summed E-state index contributed by atoms with van der Waals surface area (Å²) in [5.41, 5.74) is 6.66.